The van der Waals surface area contributed by atoms with E-state index in [9.17, 15) is 0 Å². The highest BCUT2D eigenvalue weighted by atomic mass is 15.2. The Morgan fingerprint density at radius 2 is 1.97 bits per heavy atom. The van der Waals surface area contributed by atoms with Crippen LogP contribution in [0.1, 0.15) is 12.5 Å². The summed E-state index contributed by atoms with van der Waals surface area (Å²) < 4.78 is 1.78. The molecule has 0 atom stereocenters. The summed E-state index contributed by atoms with van der Waals surface area (Å²) in [4.78, 5) is 16.5. The van der Waals surface area contributed by atoms with E-state index in [0.29, 0.717) is 11.5 Å². The number of hydrogen-bond donors (Lipinski definition) is 2. The zero-order valence-electron chi connectivity index (χ0n) is 17.2. The Morgan fingerprint density at radius 1 is 1.13 bits per heavy atom. The molecule has 0 aromatic carbocycles. The summed E-state index contributed by atoms with van der Waals surface area (Å²) in [5.74, 6) is 0.646. The molecule has 0 saturated heterocycles. The average Bonchev–Trinajstić information content (AvgIpc) is 3.50. The normalized spacial score (nSPS) is 12.7. The Bertz CT molecular complexity index is 1520. The number of aryl methyl sites for hydroxylation is 1. The average molecular weight is 408 g/mol. The van der Waals surface area contributed by atoms with Crippen LogP contribution in [0, 0.1) is 0 Å². The van der Waals surface area contributed by atoms with Crippen LogP contribution < -0.4 is 10.6 Å². The van der Waals surface area contributed by atoms with Gasteiger partial charge < -0.3 is 4.98 Å². The molecule has 0 aliphatic rings. The monoisotopic (exact) mass is 408 g/mol. The number of aromatic amines is 2. The number of imidazole rings is 1. The number of aromatic nitrogens is 8. The number of fused-ring (bicyclic) bond motifs is 1. The predicted octanol–water partition coefficient (Wildman–Crippen LogP) is 2.44. The third kappa shape index (κ3) is 3.44. The fraction of sp³-hybridized carbons (Fsp3) is 0.0870. The van der Waals surface area contributed by atoms with Crippen molar-refractivity contribution in [2.24, 2.45) is 7.05 Å². The molecule has 0 spiro atoms. The maximum absolute atomic E-state index is 4.80. The molecule has 5 heterocycles. The number of H-pyrrole nitrogens is 2. The fourth-order valence-corrected chi connectivity index (χ4v) is 3.43. The van der Waals surface area contributed by atoms with E-state index in [1.165, 1.54) is 0 Å². The van der Waals surface area contributed by atoms with Crippen molar-refractivity contribution in [3.63, 3.8) is 0 Å². The molecule has 31 heavy (non-hydrogen) atoms. The highest BCUT2D eigenvalue weighted by Crippen LogP contribution is 2.27. The van der Waals surface area contributed by atoms with Crippen molar-refractivity contribution in [1.82, 2.24) is 39.9 Å². The summed E-state index contributed by atoms with van der Waals surface area (Å²) in [6.45, 7) is 6.25. The van der Waals surface area contributed by atoms with Crippen LogP contribution in [0.25, 0.3) is 51.9 Å². The van der Waals surface area contributed by atoms with Crippen molar-refractivity contribution in [3.05, 3.63) is 71.5 Å². The summed E-state index contributed by atoms with van der Waals surface area (Å²) in [6.07, 6.45) is 14.9. The number of nitrogens with zero attached hydrogens (tertiary/aromatic N) is 6. The summed E-state index contributed by atoms with van der Waals surface area (Å²) >= 11 is 0. The van der Waals surface area contributed by atoms with Gasteiger partial charge in [0.25, 0.3) is 0 Å². The summed E-state index contributed by atoms with van der Waals surface area (Å²) in [6, 6.07) is 3.88. The van der Waals surface area contributed by atoms with Gasteiger partial charge in [0.1, 0.15) is 5.69 Å². The van der Waals surface area contributed by atoms with Crippen LogP contribution in [-0.2, 0) is 7.05 Å². The molecule has 0 bridgehead atoms. The molecule has 0 fully saturated rings. The molecule has 0 aliphatic carbocycles. The third-order valence-electron chi connectivity index (χ3n) is 5.17. The molecule has 8 nitrogen and oxygen atoms in total. The number of nitrogens with one attached hydrogen (secondary N) is 2. The number of pyridine rings is 2. The Labute approximate surface area is 177 Å². The summed E-state index contributed by atoms with van der Waals surface area (Å²) in [7, 11) is 1.90. The van der Waals surface area contributed by atoms with Crippen LogP contribution in [0.4, 0.5) is 0 Å². The van der Waals surface area contributed by atoms with Gasteiger partial charge in [-0.3, -0.25) is 19.7 Å². The van der Waals surface area contributed by atoms with Crippen LogP contribution in [0.15, 0.2) is 55.4 Å². The Balaban J connectivity index is 1.55. The molecular formula is C23H20N8. The molecular weight excluding hydrogens is 388 g/mol. The molecule has 5 rings (SSSR count). The zero-order chi connectivity index (χ0) is 21.4. The van der Waals surface area contributed by atoms with E-state index in [0.717, 1.165) is 43.9 Å². The highest BCUT2D eigenvalue weighted by molar-refractivity contribution is 5.92. The van der Waals surface area contributed by atoms with Crippen molar-refractivity contribution >= 4 is 29.3 Å². The van der Waals surface area contributed by atoms with Gasteiger partial charge in [-0.1, -0.05) is 12.7 Å². The number of allylic oxidation sites excluding steroid dienone is 2. The Morgan fingerprint density at radius 3 is 2.74 bits per heavy atom. The third-order valence-corrected chi connectivity index (χ3v) is 5.17. The quantitative estimate of drug-likeness (QED) is 0.476. The van der Waals surface area contributed by atoms with E-state index < -0.39 is 0 Å². The maximum Gasteiger partial charge on any atom is 0.159 e. The smallest absolute Gasteiger partial charge is 0.159 e. The van der Waals surface area contributed by atoms with Gasteiger partial charge in [0.05, 0.1) is 28.8 Å². The first kappa shape index (κ1) is 18.7. The van der Waals surface area contributed by atoms with E-state index in [1.54, 1.807) is 23.3 Å². The molecule has 2 N–H and O–H groups in total. The molecule has 5 aromatic rings. The fourth-order valence-electron chi connectivity index (χ4n) is 3.43. The molecule has 0 radical (unpaired) electrons. The summed E-state index contributed by atoms with van der Waals surface area (Å²) in [5, 5.41) is 13.3. The lowest BCUT2D eigenvalue weighted by atomic mass is 10.1. The van der Waals surface area contributed by atoms with Gasteiger partial charge in [-0.25, -0.2) is 4.98 Å². The van der Waals surface area contributed by atoms with E-state index in [1.807, 2.05) is 56.8 Å². The molecule has 0 aliphatic heterocycles. The minimum absolute atomic E-state index is 0.646. The van der Waals surface area contributed by atoms with Crippen molar-refractivity contribution in [2.45, 2.75) is 6.92 Å². The van der Waals surface area contributed by atoms with Crippen molar-refractivity contribution in [2.75, 3.05) is 0 Å². The van der Waals surface area contributed by atoms with Crippen LogP contribution >= 0.6 is 0 Å². The largest absolute Gasteiger partial charge is 0.335 e. The topological polar surface area (TPSA) is 101 Å². The number of hydrogen-bond acceptors (Lipinski definition) is 5. The second kappa shape index (κ2) is 7.49. The SMILES string of the molecule is C=c1c(-c2nc3c(-c4ccncc4)cncc3[nH]2)n[nH]/c1=C/C=C(\C)c1cnn(C)c1. The van der Waals surface area contributed by atoms with E-state index >= 15 is 0 Å². The van der Waals surface area contributed by atoms with Gasteiger partial charge in [0.15, 0.2) is 5.82 Å². The Hall–Kier alpha value is -4.33. The lowest BCUT2D eigenvalue weighted by molar-refractivity contribution is 0.767. The first-order valence-corrected chi connectivity index (χ1v) is 9.75. The lowest BCUT2D eigenvalue weighted by Crippen LogP contribution is -2.21. The van der Waals surface area contributed by atoms with Gasteiger partial charge in [-0.15, -0.1) is 0 Å². The zero-order valence-corrected chi connectivity index (χ0v) is 17.2. The summed E-state index contributed by atoms with van der Waals surface area (Å²) in [5.41, 5.74) is 6.45. The molecule has 8 heteroatoms. The molecule has 0 amide bonds. The predicted molar refractivity (Wildman–Crippen MR) is 121 cm³/mol. The van der Waals surface area contributed by atoms with E-state index in [-0.39, 0.29) is 0 Å². The van der Waals surface area contributed by atoms with Crippen LogP contribution in [0.5, 0.6) is 0 Å². The molecule has 152 valence electrons. The maximum atomic E-state index is 4.80. The molecule has 0 saturated carbocycles. The van der Waals surface area contributed by atoms with E-state index in [2.05, 4.69) is 36.8 Å². The highest BCUT2D eigenvalue weighted by Gasteiger charge is 2.13. The minimum Gasteiger partial charge on any atom is -0.335 e. The van der Waals surface area contributed by atoms with Gasteiger partial charge in [0, 0.05) is 48.2 Å². The molecule has 0 unspecified atom stereocenters. The number of rotatable bonds is 4. The first-order valence-electron chi connectivity index (χ1n) is 9.75. The molecule has 5 aromatic heterocycles. The minimum atomic E-state index is 0.646. The van der Waals surface area contributed by atoms with Gasteiger partial charge >= 0.3 is 0 Å². The van der Waals surface area contributed by atoms with Crippen LogP contribution in [0.3, 0.4) is 0 Å². The van der Waals surface area contributed by atoms with Crippen molar-refractivity contribution < 1.29 is 0 Å². The standard InChI is InChI=1S/C23H20N8/c1-14(17-10-26-31(3)13-17)4-5-19-15(2)21(30-29-19)23-27-20-12-25-11-18(22(20)28-23)16-6-8-24-9-7-16/h4-13,29H,2H2,1,3H3,(H,27,28)/b14-4+,19-5+. The van der Waals surface area contributed by atoms with Crippen LogP contribution in [0.2, 0.25) is 0 Å². The lowest BCUT2D eigenvalue weighted by Gasteiger charge is -2.00. The van der Waals surface area contributed by atoms with Crippen molar-refractivity contribution in [3.8, 4) is 22.6 Å². The Kier molecular flexibility index (Phi) is 4.51. The van der Waals surface area contributed by atoms with Gasteiger partial charge in [-0.2, -0.15) is 10.2 Å². The second-order valence-corrected chi connectivity index (χ2v) is 7.29. The van der Waals surface area contributed by atoms with Gasteiger partial charge in [-0.05, 0) is 36.3 Å². The second-order valence-electron chi connectivity index (χ2n) is 7.29. The van der Waals surface area contributed by atoms with E-state index in [4.69, 9.17) is 4.98 Å². The van der Waals surface area contributed by atoms with Gasteiger partial charge in [0.2, 0.25) is 0 Å². The van der Waals surface area contributed by atoms with Crippen LogP contribution in [-0.4, -0.2) is 39.9 Å². The first-order chi connectivity index (χ1) is 15.1. The van der Waals surface area contributed by atoms with Crippen molar-refractivity contribution in [1.29, 1.82) is 0 Å².